The SMILES string of the molecule is [CH]C(=O)NC(C)CCN(C)C(=O)OC(C)(C)C. The highest BCUT2D eigenvalue weighted by Gasteiger charge is 2.19. The summed E-state index contributed by atoms with van der Waals surface area (Å²) < 4.78 is 5.19. The van der Waals surface area contributed by atoms with E-state index >= 15 is 0 Å². The van der Waals surface area contributed by atoms with Gasteiger partial charge in [0.2, 0.25) is 5.91 Å². The third-order valence-corrected chi connectivity index (χ3v) is 1.99. The number of nitrogens with zero attached hydrogens (tertiary/aromatic N) is 1. The monoisotopic (exact) mass is 242 g/mol. The Bertz CT molecular complexity index is 271. The van der Waals surface area contributed by atoms with Crippen molar-refractivity contribution in [1.82, 2.24) is 10.2 Å². The fourth-order valence-corrected chi connectivity index (χ4v) is 1.13. The van der Waals surface area contributed by atoms with Gasteiger partial charge in [-0.15, -0.1) is 0 Å². The average molecular weight is 242 g/mol. The number of hydrogen-bond donors (Lipinski definition) is 1. The Morgan fingerprint density at radius 3 is 2.35 bits per heavy atom. The molecule has 17 heavy (non-hydrogen) atoms. The van der Waals surface area contributed by atoms with Crippen molar-refractivity contribution in [2.24, 2.45) is 0 Å². The predicted molar refractivity (Wildman–Crippen MR) is 65.4 cm³/mol. The van der Waals surface area contributed by atoms with E-state index in [1.165, 1.54) is 4.90 Å². The molecule has 0 bridgehead atoms. The van der Waals surface area contributed by atoms with Crippen LogP contribution in [0.25, 0.3) is 0 Å². The maximum Gasteiger partial charge on any atom is 0.410 e. The van der Waals surface area contributed by atoms with Gasteiger partial charge in [-0.1, -0.05) is 0 Å². The van der Waals surface area contributed by atoms with Crippen molar-refractivity contribution in [3.63, 3.8) is 0 Å². The lowest BCUT2D eigenvalue weighted by Crippen LogP contribution is -2.38. The van der Waals surface area contributed by atoms with Gasteiger partial charge in [-0.3, -0.25) is 4.79 Å². The van der Waals surface area contributed by atoms with Crippen molar-refractivity contribution in [3.05, 3.63) is 6.92 Å². The Morgan fingerprint density at radius 1 is 1.41 bits per heavy atom. The lowest BCUT2D eigenvalue weighted by Gasteiger charge is -2.25. The molecule has 0 fully saturated rings. The molecule has 1 unspecified atom stereocenters. The van der Waals surface area contributed by atoms with Crippen LogP contribution in [-0.2, 0) is 9.53 Å². The molecule has 1 N–H and O–H groups in total. The van der Waals surface area contributed by atoms with E-state index in [1.54, 1.807) is 7.05 Å². The van der Waals surface area contributed by atoms with Crippen molar-refractivity contribution >= 4 is 12.0 Å². The average Bonchev–Trinajstić information content (AvgIpc) is 2.10. The molecule has 0 aliphatic carbocycles. The first-order chi connectivity index (χ1) is 7.61. The first-order valence-electron chi connectivity index (χ1n) is 5.62. The number of ether oxygens (including phenoxy) is 1. The predicted octanol–water partition coefficient (Wildman–Crippen LogP) is 1.46. The summed E-state index contributed by atoms with van der Waals surface area (Å²) in [6.45, 7) is 12.8. The quantitative estimate of drug-likeness (QED) is 0.812. The van der Waals surface area contributed by atoms with Gasteiger partial charge in [0.1, 0.15) is 5.60 Å². The van der Waals surface area contributed by atoms with Crippen LogP contribution in [0.3, 0.4) is 0 Å². The molecule has 0 saturated carbocycles. The minimum atomic E-state index is -0.558. The Labute approximate surface area is 103 Å². The molecule has 0 heterocycles. The first kappa shape index (κ1) is 15.7. The van der Waals surface area contributed by atoms with Crippen LogP contribution in [-0.4, -0.2) is 42.1 Å². The van der Waals surface area contributed by atoms with Crippen molar-refractivity contribution in [3.8, 4) is 0 Å². The lowest BCUT2D eigenvalue weighted by molar-refractivity contribution is -0.117. The van der Waals surface area contributed by atoms with Gasteiger partial charge >= 0.3 is 6.09 Å². The smallest absolute Gasteiger partial charge is 0.410 e. The van der Waals surface area contributed by atoms with E-state index in [1.807, 2.05) is 27.7 Å². The zero-order valence-electron chi connectivity index (χ0n) is 11.2. The Hall–Kier alpha value is -1.26. The Morgan fingerprint density at radius 2 is 1.94 bits per heavy atom. The number of rotatable bonds is 4. The zero-order valence-corrected chi connectivity index (χ0v) is 11.2. The number of carbonyl (C=O) groups is 2. The molecule has 0 aromatic carbocycles. The highest BCUT2D eigenvalue weighted by molar-refractivity contribution is 5.80. The number of nitrogens with one attached hydrogen (secondary N) is 1. The van der Waals surface area contributed by atoms with Crippen molar-refractivity contribution < 1.29 is 14.3 Å². The van der Waals surface area contributed by atoms with E-state index in [2.05, 4.69) is 5.32 Å². The summed E-state index contributed by atoms with van der Waals surface area (Å²) in [7, 11) is 1.66. The summed E-state index contributed by atoms with van der Waals surface area (Å²) >= 11 is 0. The van der Waals surface area contributed by atoms with Crippen molar-refractivity contribution in [2.45, 2.75) is 45.8 Å². The standard InChI is InChI=1S/C12H22N2O3/c1-9(13-10(2)15)7-8-14(6)11(16)17-12(3,4)5/h2,9H,7-8H2,1,3-6H3,(H,13,15). The second-order valence-electron chi connectivity index (χ2n) is 5.10. The van der Waals surface area contributed by atoms with Crippen molar-refractivity contribution in [2.75, 3.05) is 13.6 Å². The highest BCUT2D eigenvalue weighted by Crippen LogP contribution is 2.09. The molecule has 2 amide bonds. The van der Waals surface area contributed by atoms with Gasteiger partial charge in [-0.25, -0.2) is 4.79 Å². The molecule has 0 spiro atoms. The van der Waals surface area contributed by atoms with Gasteiger partial charge in [-0.05, 0) is 34.1 Å². The summed E-state index contributed by atoms with van der Waals surface area (Å²) in [5.74, 6) is -0.558. The number of carbonyl (C=O) groups excluding carboxylic acids is 2. The molecule has 0 aliphatic heterocycles. The Kier molecular flexibility index (Phi) is 5.99. The van der Waals surface area contributed by atoms with Crippen LogP contribution in [0.15, 0.2) is 0 Å². The molecular formula is C12H22N2O3. The summed E-state index contributed by atoms with van der Waals surface area (Å²) in [6, 6.07) is -0.0719. The molecule has 0 aromatic heterocycles. The number of hydrogen-bond acceptors (Lipinski definition) is 3. The van der Waals surface area contributed by atoms with Gasteiger partial charge in [-0.2, -0.15) is 0 Å². The molecule has 0 saturated heterocycles. The summed E-state index contributed by atoms with van der Waals surface area (Å²) in [6.07, 6.45) is 0.252. The molecule has 1 atom stereocenters. The van der Waals surface area contributed by atoms with Gasteiger partial charge in [0.05, 0.1) is 6.92 Å². The zero-order chi connectivity index (χ0) is 13.6. The van der Waals surface area contributed by atoms with E-state index < -0.39 is 11.5 Å². The third kappa shape index (κ3) is 8.54. The fraction of sp³-hybridized carbons (Fsp3) is 0.750. The van der Waals surface area contributed by atoms with Gasteiger partial charge in [0, 0.05) is 19.6 Å². The van der Waals surface area contributed by atoms with Crippen LogP contribution in [0.2, 0.25) is 0 Å². The van der Waals surface area contributed by atoms with Gasteiger partial charge in [0.15, 0.2) is 0 Å². The minimum absolute atomic E-state index is 0.0719. The van der Waals surface area contributed by atoms with Crippen LogP contribution in [0, 0.1) is 6.92 Å². The van der Waals surface area contributed by atoms with Crippen LogP contribution < -0.4 is 5.32 Å². The summed E-state index contributed by atoms with van der Waals surface area (Å²) in [4.78, 5) is 23.6. The van der Waals surface area contributed by atoms with Gasteiger partial charge in [0.25, 0.3) is 0 Å². The van der Waals surface area contributed by atoms with E-state index in [0.717, 1.165) is 0 Å². The second-order valence-corrected chi connectivity index (χ2v) is 5.10. The van der Waals surface area contributed by atoms with Crippen LogP contribution in [0.4, 0.5) is 4.79 Å². The van der Waals surface area contributed by atoms with E-state index in [0.29, 0.717) is 13.0 Å². The summed E-state index contributed by atoms with van der Waals surface area (Å²) in [5, 5.41) is 2.55. The second kappa shape index (κ2) is 6.47. The molecule has 98 valence electrons. The molecule has 2 radical (unpaired) electrons. The molecule has 5 nitrogen and oxygen atoms in total. The highest BCUT2D eigenvalue weighted by atomic mass is 16.6. The van der Waals surface area contributed by atoms with E-state index in [9.17, 15) is 9.59 Å². The summed E-state index contributed by atoms with van der Waals surface area (Å²) in [5.41, 5.74) is -0.498. The maximum absolute atomic E-state index is 11.6. The fourth-order valence-electron chi connectivity index (χ4n) is 1.13. The third-order valence-electron chi connectivity index (χ3n) is 1.99. The van der Waals surface area contributed by atoms with Gasteiger partial charge < -0.3 is 15.0 Å². The van der Waals surface area contributed by atoms with Crippen molar-refractivity contribution in [1.29, 1.82) is 0 Å². The molecule has 0 rings (SSSR count). The largest absolute Gasteiger partial charge is 0.444 e. The van der Waals surface area contributed by atoms with Crippen LogP contribution in [0.1, 0.15) is 34.1 Å². The maximum atomic E-state index is 11.6. The molecule has 0 aromatic rings. The molecule has 0 aliphatic rings. The van der Waals surface area contributed by atoms with E-state index in [-0.39, 0.29) is 12.1 Å². The van der Waals surface area contributed by atoms with E-state index in [4.69, 9.17) is 11.7 Å². The van der Waals surface area contributed by atoms with Crippen LogP contribution in [0.5, 0.6) is 0 Å². The topological polar surface area (TPSA) is 58.6 Å². The number of amides is 2. The molecule has 5 heteroatoms. The Balaban J connectivity index is 3.97. The molecular weight excluding hydrogens is 220 g/mol. The minimum Gasteiger partial charge on any atom is -0.444 e. The lowest BCUT2D eigenvalue weighted by atomic mass is 10.2. The normalized spacial score (nSPS) is 12.8. The first-order valence-corrected chi connectivity index (χ1v) is 5.62. The van der Waals surface area contributed by atoms with Crippen LogP contribution >= 0.6 is 0 Å².